The highest BCUT2D eigenvalue weighted by atomic mass is 16.1. The Labute approximate surface area is 74.5 Å². The van der Waals surface area contributed by atoms with Gasteiger partial charge in [-0.1, -0.05) is 26.2 Å². The van der Waals surface area contributed by atoms with Crippen LogP contribution in [0.25, 0.3) is 0 Å². The highest BCUT2D eigenvalue weighted by Crippen LogP contribution is 2.34. The van der Waals surface area contributed by atoms with E-state index >= 15 is 0 Å². The third-order valence-corrected chi connectivity index (χ3v) is 2.81. The lowest BCUT2D eigenvalue weighted by Crippen LogP contribution is -2.35. The second-order valence-corrected chi connectivity index (χ2v) is 4.13. The third-order valence-electron chi connectivity index (χ3n) is 2.81. The van der Waals surface area contributed by atoms with E-state index in [1.54, 1.807) is 6.92 Å². The number of rotatable bonds is 5. The summed E-state index contributed by atoms with van der Waals surface area (Å²) in [5, 5.41) is 0. The van der Waals surface area contributed by atoms with Gasteiger partial charge < -0.3 is 5.73 Å². The first-order valence-corrected chi connectivity index (χ1v) is 4.87. The molecule has 1 aliphatic carbocycles. The summed E-state index contributed by atoms with van der Waals surface area (Å²) >= 11 is 0. The smallest absolute Gasteiger partial charge is 0.146 e. The minimum atomic E-state index is -0.233. The number of hydrogen-bond donors (Lipinski definition) is 1. The maximum atomic E-state index is 10.9. The molecule has 2 heteroatoms. The van der Waals surface area contributed by atoms with Crippen molar-refractivity contribution in [2.24, 2.45) is 17.6 Å². The van der Waals surface area contributed by atoms with Crippen LogP contribution in [0.4, 0.5) is 0 Å². The summed E-state index contributed by atoms with van der Waals surface area (Å²) in [6.07, 6.45) is 5.16. The number of carbonyl (C=O) groups excluding carboxylic acids is 1. The molecule has 12 heavy (non-hydrogen) atoms. The van der Waals surface area contributed by atoms with Gasteiger partial charge in [0.2, 0.25) is 0 Å². The van der Waals surface area contributed by atoms with Gasteiger partial charge in [0.05, 0.1) is 6.04 Å². The molecule has 0 saturated heterocycles. The highest BCUT2D eigenvalue weighted by Gasteiger charge is 2.24. The molecule has 1 saturated carbocycles. The number of carbonyl (C=O) groups is 1. The quantitative estimate of drug-likeness (QED) is 0.681. The Balaban J connectivity index is 2.16. The third kappa shape index (κ3) is 2.94. The van der Waals surface area contributed by atoms with Crippen molar-refractivity contribution in [3.63, 3.8) is 0 Å². The molecule has 0 aromatic carbocycles. The minimum absolute atomic E-state index is 0.123. The zero-order chi connectivity index (χ0) is 9.14. The minimum Gasteiger partial charge on any atom is -0.321 e. The molecule has 2 nitrogen and oxygen atoms in total. The van der Waals surface area contributed by atoms with E-state index in [9.17, 15) is 4.79 Å². The summed E-state index contributed by atoms with van der Waals surface area (Å²) < 4.78 is 0. The van der Waals surface area contributed by atoms with Crippen molar-refractivity contribution in [1.82, 2.24) is 0 Å². The maximum absolute atomic E-state index is 10.9. The molecule has 0 aliphatic heterocycles. The summed E-state index contributed by atoms with van der Waals surface area (Å²) in [6.45, 7) is 3.66. The molecule has 1 aliphatic rings. The van der Waals surface area contributed by atoms with Crippen LogP contribution in [-0.4, -0.2) is 11.8 Å². The Morgan fingerprint density at radius 3 is 2.58 bits per heavy atom. The molecule has 1 fully saturated rings. The Bertz CT molecular complexity index is 163. The Morgan fingerprint density at radius 2 is 2.17 bits per heavy atom. The van der Waals surface area contributed by atoms with Crippen molar-refractivity contribution in [2.75, 3.05) is 0 Å². The van der Waals surface area contributed by atoms with Crippen LogP contribution < -0.4 is 5.73 Å². The maximum Gasteiger partial charge on any atom is 0.146 e. The van der Waals surface area contributed by atoms with E-state index in [0.29, 0.717) is 5.92 Å². The molecule has 2 atom stereocenters. The predicted octanol–water partition coefficient (Wildman–Crippen LogP) is 1.73. The van der Waals surface area contributed by atoms with Crippen LogP contribution in [0.1, 0.15) is 39.5 Å². The summed E-state index contributed by atoms with van der Waals surface area (Å²) in [5.41, 5.74) is 5.72. The van der Waals surface area contributed by atoms with Crippen LogP contribution in [0, 0.1) is 11.8 Å². The molecule has 2 N–H and O–H groups in total. The van der Waals surface area contributed by atoms with Crippen LogP contribution >= 0.6 is 0 Å². The van der Waals surface area contributed by atoms with Crippen LogP contribution in [0.3, 0.4) is 0 Å². The summed E-state index contributed by atoms with van der Waals surface area (Å²) in [4.78, 5) is 10.9. The molecular formula is C10H19NO. The van der Waals surface area contributed by atoms with E-state index in [2.05, 4.69) is 6.92 Å². The van der Waals surface area contributed by atoms with Gasteiger partial charge in [-0.25, -0.2) is 0 Å². The Hall–Kier alpha value is -0.370. The normalized spacial score (nSPS) is 21.9. The van der Waals surface area contributed by atoms with E-state index in [1.165, 1.54) is 19.3 Å². The van der Waals surface area contributed by atoms with E-state index in [0.717, 1.165) is 12.3 Å². The monoisotopic (exact) mass is 169 g/mol. The SMILES string of the molecule is CC(=O)C(N)C(C)CCC1CC1. The fourth-order valence-electron chi connectivity index (χ4n) is 1.49. The first kappa shape index (κ1) is 9.72. The van der Waals surface area contributed by atoms with Gasteiger partial charge in [0.1, 0.15) is 5.78 Å². The van der Waals surface area contributed by atoms with Crippen molar-refractivity contribution in [3.8, 4) is 0 Å². The van der Waals surface area contributed by atoms with E-state index in [4.69, 9.17) is 5.73 Å². The van der Waals surface area contributed by atoms with Gasteiger partial charge in [0.25, 0.3) is 0 Å². The lowest BCUT2D eigenvalue weighted by molar-refractivity contribution is -0.119. The van der Waals surface area contributed by atoms with E-state index in [-0.39, 0.29) is 11.8 Å². The predicted molar refractivity (Wildman–Crippen MR) is 49.8 cm³/mol. The molecular weight excluding hydrogens is 150 g/mol. The topological polar surface area (TPSA) is 43.1 Å². The average Bonchev–Trinajstić information content (AvgIpc) is 2.81. The van der Waals surface area contributed by atoms with Crippen LogP contribution in [0.15, 0.2) is 0 Å². The van der Waals surface area contributed by atoms with Gasteiger partial charge in [-0.2, -0.15) is 0 Å². The molecule has 70 valence electrons. The molecule has 0 aromatic rings. The second kappa shape index (κ2) is 4.04. The van der Waals surface area contributed by atoms with Crippen molar-refractivity contribution >= 4 is 5.78 Å². The molecule has 0 heterocycles. The van der Waals surface area contributed by atoms with Crippen molar-refractivity contribution < 1.29 is 4.79 Å². The average molecular weight is 169 g/mol. The second-order valence-electron chi connectivity index (χ2n) is 4.13. The standard InChI is InChI=1S/C10H19NO/c1-7(10(11)8(2)12)3-4-9-5-6-9/h7,9-10H,3-6,11H2,1-2H3. The number of Topliss-reactive ketones (excluding diaryl/α,β-unsaturated/α-hetero) is 1. The molecule has 0 spiro atoms. The first-order valence-electron chi connectivity index (χ1n) is 4.87. The van der Waals surface area contributed by atoms with Crippen LogP contribution in [-0.2, 0) is 4.79 Å². The van der Waals surface area contributed by atoms with Crippen LogP contribution in [0.2, 0.25) is 0 Å². The largest absolute Gasteiger partial charge is 0.321 e. The van der Waals surface area contributed by atoms with Crippen LogP contribution in [0.5, 0.6) is 0 Å². The number of hydrogen-bond acceptors (Lipinski definition) is 2. The zero-order valence-electron chi connectivity index (χ0n) is 8.05. The van der Waals surface area contributed by atoms with E-state index in [1.807, 2.05) is 0 Å². The summed E-state index contributed by atoms with van der Waals surface area (Å²) in [7, 11) is 0. The van der Waals surface area contributed by atoms with Gasteiger partial charge in [0.15, 0.2) is 0 Å². The molecule has 0 amide bonds. The lowest BCUT2D eigenvalue weighted by atomic mass is 9.94. The number of nitrogens with two attached hydrogens (primary N) is 1. The van der Waals surface area contributed by atoms with Gasteiger partial charge in [-0.05, 0) is 25.2 Å². The number of ketones is 1. The molecule has 0 aromatic heterocycles. The Kier molecular flexibility index (Phi) is 3.27. The van der Waals surface area contributed by atoms with Crippen molar-refractivity contribution in [3.05, 3.63) is 0 Å². The van der Waals surface area contributed by atoms with E-state index < -0.39 is 0 Å². The van der Waals surface area contributed by atoms with Gasteiger partial charge in [-0.3, -0.25) is 4.79 Å². The zero-order valence-corrected chi connectivity index (χ0v) is 8.05. The molecule has 0 radical (unpaired) electrons. The van der Waals surface area contributed by atoms with Crippen molar-refractivity contribution in [1.29, 1.82) is 0 Å². The summed E-state index contributed by atoms with van der Waals surface area (Å²) in [5.74, 6) is 1.44. The fraction of sp³-hybridized carbons (Fsp3) is 0.900. The first-order chi connectivity index (χ1) is 5.61. The van der Waals surface area contributed by atoms with Gasteiger partial charge in [-0.15, -0.1) is 0 Å². The van der Waals surface area contributed by atoms with Gasteiger partial charge in [0, 0.05) is 0 Å². The fourth-order valence-corrected chi connectivity index (χ4v) is 1.49. The molecule has 1 rings (SSSR count). The highest BCUT2D eigenvalue weighted by molar-refractivity contribution is 5.81. The summed E-state index contributed by atoms with van der Waals surface area (Å²) in [6, 6.07) is -0.233. The Morgan fingerprint density at radius 1 is 1.58 bits per heavy atom. The van der Waals surface area contributed by atoms with Crippen molar-refractivity contribution in [2.45, 2.75) is 45.6 Å². The molecule has 0 bridgehead atoms. The lowest BCUT2D eigenvalue weighted by Gasteiger charge is -2.16. The molecule has 2 unspecified atom stereocenters. The van der Waals surface area contributed by atoms with Gasteiger partial charge >= 0.3 is 0 Å².